The van der Waals surface area contributed by atoms with Gasteiger partial charge in [0.1, 0.15) is 5.54 Å². The second-order valence-corrected chi connectivity index (χ2v) is 10.0. The van der Waals surface area contributed by atoms with Crippen LogP contribution in [0, 0.1) is 13.8 Å². The van der Waals surface area contributed by atoms with E-state index in [1.807, 2.05) is 24.3 Å². The van der Waals surface area contributed by atoms with Gasteiger partial charge < -0.3 is 10.6 Å². The molecule has 3 aromatic rings. The third kappa shape index (κ3) is 4.28. The van der Waals surface area contributed by atoms with Gasteiger partial charge in [0.05, 0.1) is 17.1 Å². The Labute approximate surface area is 189 Å². The number of benzene rings is 2. The summed E-state index contributed by atoms with van der Waals surface area (Å²) in [6.07, 6.45) is 0. The van der Waals surface area contributed by atoms with E-state index in [0.29, 0.717) is 20.8 Å². The summed E-state index contributed by atoms with van der Waals surface area (Å²) in [4.78, 5) is 27.3. The number of anilines is 4. The van der Waals surface area contributed by atoms with Gasteiger partial charge in [0, 0.05) is 5.69 Å². The Hall–Kier alpha value is -2.91. The molecule has 0 radical (unpaired) electrons. The molecule has 1 aliphatic heterocycles. The molecule has 2 N–H and O–H groups in total. The summed E-state index contributed by atoms with van der Waals surface area (Å²) in [5, 5.41) is 15.2. The van der Waals surface area contributed by atoms with Crippen molar-refractivity contribution in [3.8, 4) is 0 Å². The van der Waals surface area contributed by atoms with Crippen LogP contribution in [0.15, 0.2) is 46.8 Å². The summed E-state index contributed by atoms with van der Waals surface area (Å²) in [6.45, 7) is 7.63. The van der Waals surface area contributed by atoms with Crippen molar-refractivity contribution in [1.82, 2.24) is 10.2 Å². The number of para-hydroxylation sites is 2. The van der Waals surface area contributed by atoms with Crippen LogP contribution in [0.25, 0.3) is 0 Å². The Morgan fingerprint density at radius 1 is 1.16 bits per heavy atom. The van der Waals surface area contributed by atoms with Gasteiger partial charge in [-0.1, -0.05) is 41.3 Å². The Bertz CT molecular complexity index is 1160. The average Bonchev–Trinajstić information content (AvgIpc) is 3.17. The Morgan fingerprint density at radius 2 is 1.94 bits per heavy atom. The van der Waals surface area contributed by atoms with E-state index in [1.165, 1.54) is 34.2 Å². The van der Waals surface area contributed by atoms with Crippen LogP contribution in [0.5, 0.6) is 0 Å². The fourth-order valence-corrected chi connectivity index (χ4v) is 4.97. The molecule has 4 rings (SSSR count). The van der Waals surface area contributed by atoms with Gasteiger partial charge in [-0.15, -0.1) is 10.2 Å². The van der Waals surface area contributed by atoms with Gasteiger partial charge in [-0.25, -0.2) is 0 Å². The van der Waals surface area contributed by atoms with Crippen molar-refractivity contribution in [2.24, 2.45) is 0 Å². The molecule has 9 heteroatoms. The quantitative estimate of drug-likeness (QED) is 0.542. The highest BCUT2D eigenvalue weighted by Gasteiger charge is 2.43. The minimum absolute atomic E-state index is 0.156. The monoisotopic (exact) mass is 453 g/mol. The van der Waals surface area contributed by atoms with Crippen LogP contribution in [-0.2, 0) is 9.59 Å². The molecule has 2 amide bonds. The van der Waals surface area contributed by atoms with Gasteiger partial charge in [-0.2, -0.15) is 0 Å². The molecule has 0 saturated heterocycles. The molecule has 0 aliphatic carbocycles. The fraction of sp³-hybridized carbons (Fsp3) is 0.273. The van der Waals surface area contributed by atoms with Gasteiger partial charge in [0.2, 0.25) is 16.9 Å². The Kier molecular flexibility index (Phi) is 5.72. The molecule has 0 atom stereocenters. The average molecular weight is 454 g/mol. The van der Waals surface area contributed by atoms with Crippen molar-refractivity contribution in [3.05, 3.63) is 53.6 Å². The normalized spacial score (nSPS) is 14.7. The van der Waals surface area contributed by atoms with Gasteiger partial charge in [0.25, 0.3) is 0 Å². The molecule has 31 heavy (non-hydrogen) atoms. The Balaban J connectivity index is 1.45. The van der Waals surface area contributed by atoms with Crippen molar-refractivity contribution in [2.75, 3.05) is 21.3 Å². The first kappa shape index (κ1) is 21.3. The highest BCUT2D eigenvalue weighted by molar-refractivity contribution is 8.01. The molecule has 7 nitrogen and oxygen atoms in total. The van der Waals surface area contributed by atoms with E-state index < -0.39 is 5.54 Å². The van der Waals surface area contributed by atoms with Crippen LogP contribution >= 0.6 is 23.1 Å². The molecule has 1 aromatic heterocycles. The number of rotatable bonds is 5. The number of aromatic nitrogens is 2. The minimum atomic E-state index is -0.983. The number of carbonyl (C=O) groups excluding carboxylic acids is 2. The first-order chi connectivity index (χ1) is 14.8. The predicted octanol–water partition coefficient (Wildman–Crippen LogP) is 4.75. The topological polar surface area (TPSA) is 87.2 Å². The van der Waals surface area contributed by atoms with Crippen molar-refractivity contribution in [1.29, 1.82) is 0 Å². The van der Waals surface area contributed by atoms with E-state index in [-0.39, 0.29) is 17.6 Å². The number of thioether (sulfide) groups is 1. The number of fused-ring (bicyclic) bond motifs is 1. The molecule has 0 fully saturated rings. The first-order valence-electron chi connectivity index (χ1n) is 9.80. The highest BCUT2D eigenvalue weighted by Crippen LogP contribution is 2.37. The van der Waals surface area contributed by atoms with Gasteiger partial charge >= 0.3 is 0 Å². The maximum absolute atomic E-state index is 13.1. The number of nitrogens with zero attached hydrogens (tertiary/aromatic N) is 3. The van der Waals surface area contributed by atoms with E-state index in [2.05, 4.69) is 46.8 Å². The van der Waals surface area contributed by atoms with Crippen LogP contribution in [0.1, 0.15) is 25.0 Å². The summed E-state index contributed by atoms with van der Waals surface area (Å²) in [7, 11) is 0. The van der Waals surface area contributed by atoms with E-state index in [1.54, 1.807) is 24.8 Å². The molecule has 160 valence electrons. The van der Waals surface area contributed by atoms with Crippen LogP contribution in [0.3, 0.4) is 0 Å². The van der Waals surface area contributed by atoms with Crippen molar-refractivity contribution < 1.29 is 9.59 Å². The maximum atomic E-state index is 13.1. The van der Waals surface area contributed by atoms with Crippen molar-refractivity contribution in [2.45, 2.75) is 37.6 Å². The maximum Gasteiger partial charge on any atom is 0.250 e. The molecular weight excluding hydrogens is 430 g/mol. The fourth-order valence-electron chi connectivity index (χ4n) is 3.35. The van der Waals surface area contributed by atoms with E-state index >= 15 is 0 Å². The summed E-state index contributed by atoms with van der Waals surface area (Å²) < 4.78 is 0.687. The van der Waals surface area contributed by atoms with Crippen LogP contribution in [-0.4, -0.2) is 33.3 Å². The summed E-state index contributed by atoms with van der Waals surface area (Å²) in [5.74, 6) is -0.208. The lowest BCUT2D eigenvalue weighted by molar-refractivity contribution is -0.125. The lowest BCUT2D eigenvalue weighted by Gasteiger charge is -2.42. The number of carbonyl (C=O) groups is 2. The zero-order chi connectivity index (χ0) is 22.2. The third-order valence-corrected chi connectivity index (χ3v) is 7.20. The number of amides is 2. The number of aryl methyl sites for hydroxylation is 2. The molecule has 0 saturated carbocycles. The molecule has 0 bridgehead atoms. The smallest absolute Gasteiger partial charge is 0.250 e. The molecule has 2 aromatic carbocycles. The summed E-state index contributed by atoms with van der Waals surface area (Å²) in [5.41, 5.74) is 3.73. The SMILES string of the molecule is Cc1ccc(Nc2nnc(SCC(=O)N3c4ccccc4NC(=O)C3(C)C)s2)cc1C. The summed E-state index contributed by atoms with van der Waals surface area (Å²) >= 11 is 2.71. The molecule has 1 aliphatic rings. The van der Waals surface area contributed by atoms with Crippen LogP contribution in [0.4, 0.5) is 22.2 Å². The molecule has 0 spiro atoms. The van der Waals surface area contributed by atoms with Gasteiger partial charge in [-0.05, 0) is 63.1 Å². The third-order valence-electron chi connectivity index (χ3n) is 5.24. The van der Waals surface area contributed by atoms with Crippen molar-refractivity contribution >= 4 is 57.1 Å². The lowest BCUT2D eigenvalue weighted by Crippen LogP contribution is -2.58. The second-order valence-electron chi connectivity index (χ2n) is 7.85. The molecule has 0 unspecified atom stereocenters. The number of nitrogens with one attached hydrogen (secondary N) is 2. The predicted molar refractivity (Wildman–Crippen MR) is 126 cm³/mol. The van der Waals surface area contributed by atoms with E-state index in [9.17, 15) is 9.59 Å². The van der Waals surface area contributed by atoms with Gasteiger partial charge in [-0.3, -0.25) is 14.5 Å². The van der Waals surface area contributed by atoms with Crippen LogP contribution in [0.2, 0.25) is 0 Å². The van der Waals surface area contributed by atoms with Crippen LogP contribution < -0.4 is 15.5 Å². The van der Waals surface area contributed by atoms with E-state index in [0.717, 1.165) is 5.69 Å². The molecule has 2 heterocycles. The second kappa shape index (κ2) is 8.32. The molecular formula is C22H23N5O2S2. The first-order valence-corrected chi connectivity index (χ1v) is 11.6. The minimum Gasteiger partial charge on any atom is -0.330 e. The van der Waals surface area contributed by atoms with E-state index in [4.69, 9.17) is 0 Å². The zero-order valence-corrected chi connectivity index (χ0v) is 19.4. The van der Waals surface area contributed by atoms with Crippen molar-refractivity contribution in [3.63, 3.8) is 0 Å². The number of hydrogen-bond acceptors (Lipinski definition) is 7. The number of hydrogen-bond donors (Lipinski definition) is 2. The Morgan fingerprint density at radius 3 is 2.71 bits per heavy atom. The largest absolute Gasteiger partial charge is 0.330 e. The lowest BCUT2D eigenvalue weighted by atomic mass is 9.96. The highest BCUT2D eigenvalue weighted by atomic mass is 32.2. The zero-order valence-electron chi connectivity index (χ0n) is 17.7. The summed E-state index contributed by atoms with van der Waals surface area (Å²) in [6, 6.07) is 13.5. The van der Waals surface area contributed by atoms with Gasteiger partial charge in [0.15, 0.2) is 4.34 Å². The standard InChI is InChI=1S/C22H23N5O2S2/c1-13-9-10-15(11-14(13)2)23-20-25-26-21(31-20)30-12-18(28)27-17-8-6-5-7-16(17)24-19(29)22(27,3)4/h5-11H,12H2,1-4H3,(H,23,25)(H,24,29).